The first-order valence-electron chi connectivity index (χ1n) is 6.77. The lowest BCUT2D eigenvalue weighted by atomic mass is 9.98. The first-order valence-corrected chi connectivity index (χ1v) is 8.38. The summed E-state index contributed by atoms with van der Waals surface area (Å²) >= 11 is 0. The van der Waals surface area contributed by atoms with Crippen molar-refractivity contribution in [3.05, 3.63) is 0 Å². The lowest BCUT2D eigenvalue weighted by Gasteiger charge is -2.31. The van der Waals surface area contributed by atoms with Crippen molar-refractivity contribution >= 4 is 10.0 Å². The number of piperidine rings is 1. The van der Waals surface area contributed by atoms with Crippen LogP contribution in [0.2, 0.25) is 0 Å². The second-order valence-corrected chi connectivity index (χ2v) is 6.94. The van der Waals surface area contributed by atoms with Crippen molar-refractivity contribution in [1.82, 2.24) is 9.62 Å². The quantitative estimate of drug-likeness (QED) is 0.663. The molecule has 108 valence electrons. The molecular formula is C12H26N2O3S. The summed E-state index contributed by atoms with van der Waals surface area (Å²) in [7, 11) is -1.30. The van der Waals surface area contributed by atoms with E-state index in [0.717, 1.165) is 32.5 Å². The number of ether oxygens (including phenoxy) is 1. The second kappa shape index (κ2) is 8.09. The molecule has 0 aromatic rings. The molecule has 0 radical (unpaired) electrons. The third-order valence-corrected chi connectivity index (χ3v) is 5.42. The molecule has 0 saturated carbocycles. The highest BCUT2D eigenvalue weighted by atomic mass is 32.2. The maximum atomic E-state index is 11.9. The number of nitrogens with zero attached hydrogens (tertiary/aromatic N) is 1. The standard InChI is InChI=1S/C12H26N2O3S/c1-3-10-18(15,16)14-7-4-12(5-8-14)11-13-6-9-17-2/h12-13H,3-11H2,1-2H3. The average molecular weight is 278 g/mol. The van der Waals surface area contributed by atoms with E-state index in [0.29, 0.717) is 25.4 Å². The molecule has 1 rings (SSSR count). The maximum Gasteiger partial charge on any atom is 0.214 e. The van der Waals surface area contributed by atoms with Crippen molar-refractivity contribution in [2.24, 2.45) is 5.92 Å². The molecule has 1 saturated heterocycles. The van der Waals surface area contributed by atoms with E-state index >= 15 is 0 Å². The highest BCUT2D eigenvalue weighted by molar-refractivity contribution is 7.89. The zero-order valence-electron chi connectivity index (χ0n) is 11.5. The smallest absolute Gasteiger partial charge is 0.214 e. The number of hydrogen-bond acceptors (Lipinski definition) is 4. The van der Waals surface area contributed by atoms with Gasteiger partial charge in [-0.25, -0.2) is 12.7 Å². The fraction of sp³-hybridized carbons (Fsp3) is 1.00. The van der Waals surface area contributed by atoms with Crippen molar-refractivity contribution in [3.8, 4) is 0 Å². The second-order valence-electron chi connectivity index (χ2n) is 4.86. The van der Waals surface area contributed by atoms with Crippen molar-refractivity contribution in [1.29, 1.82) is 0 Å². The van der Waals surface area contributed by atoms with E-state index < -0.39 is 10.0 Å². The Morgan fingerprint density at radius 3 is 2.56 bits per heavy atom. The zero-order valence-corrected chi connectivity index (χ0v) is 12.3. The van der Waals surface area contributed by atoms with Crippen LogP contribution in [0.1, 0.15) is 26.2 Å². The molecular weight excluding hydrogens is 252 g/mol. The summed E-state index contributed by atoms with van der Waals surface area (Å²) in [5.74, 6) is 0.874. The third kappa shape index (κ3) is 5.22. The molecule has 5 nitrogen and oxygen atoms in total. The van der Waals surface area contributed by atoms with E-state index in [2.05, 4.69) is 5.32 Å². The summed E-state index contributed by atoms with van der Waals surface area (Å²) in [6.07, 6.45) is 2.62. The molecule has 0 unspecified atom stereocenters. The van der Waals surface area contributed by atoms with Gasteiger partial charge >= 0.3 is 0 Å². The van der Waals surface area contributed by atoms with Gasteiger partial charge in [-0.2, -0.15) is 0 Å². The van der Waals surface area contributed by atoms with Crippen LogP contribution >= 0.6 is 0 Å². The van der Waals surface area contributed by atoms with E-state index in [1.54, 1.807) is 11.4 Å². The van der Waals surface area contributed by atoms with Crippen LogP contribution in [0.5, 0.6) is 0 Å². The van der Waals surface area contributed by atoms with E-state index in [4.69, 9.17) is 4.74 Å². The Hall–Kier alpha value is -0.170. The van der Waals surface area contributed by atoms with Gasteiger partial charge in [0.05, 0.1) is 12.4 Å². The minimum absolute atomic E-state index is 0.282. The Kier molecular flexibility index (Phi) is 7.14. The first kappa shape index (κ1) is 15.9. The molecule has 0 atom stereocenters. The van der Waals surface area contributed by atoms with Gasteiger partial charge in [0, 0.05) is 26.7 Å². The monoisotopic (exact) mass is 278 g/mol. The topological polar surface area (TPSA) is 58.6 Å². The van der Waals surface area contributed by atoms with Gasteiger partial charge in [-0.3, -0.25) is 0 Å². The molecule has 1 N–H and O–H groups in total. The van der Waals surface area contributed by atoms with Crippen molar-refractivity contribution in [3.63, 3.8) is 0 Å². The number of nitrogens with one attached hydrogen (secondary N) is 1. The van der Waals surface area contributed by atoms with Crippen LogP contribution in [0.4, 0.5) is 0 Å². The molecule has 18 heavy (non-hydrogen) atoms. The highest BCUT2D eigenvalue weighted by Gasteiger charge is 2.26. The van der Waals surface area contributed by atoms with Gasteiger partial charge < -0.3 is 10.1 Å². The third-order valence-electron chi connectivity index (χ3n) is 3.34. The number of methoxy groups -OCH3 is 1. The minimum atomic E-state index is -2.99. The lowest BCUT2D eigenvalue weighted by Crippen LogP contribution is -2.41. The number of sulfonamides is 1. The van der Waals surface area contributed by atoms with Gasteiger partial charge in [0.15, 0.2) is 0 Å². The van der Waals surface area contributed by atoms with Crippen molar-refractivity contribution in [2.45, 2.75) is 26.2 Å². The molecule has 0 spiro atoms. The average Bonchev–Trinajstić information content (AvgIpc) is 2.35. The fourth-order valence-electron chi connectivity index (χ4n) is 2.26. The lowest BCUT2D eigenvalue weighted by molar-refractivity contribution is 0.194. The van der Waals surface area contributed by atoms with E-state index in [1.165, 1.54) is 0 Å². The SMILES string of the molecule is CCCS(=O)(=O)N1CCC(CNCCOC)CC1. The van der Waals surface area contributed by atoms with Gasteiger partial charge in [-0.05, 0) is 31.7 Å². The molecule has 1 aliphatic rings. The predicted molar refractivity (Wildman–Crippen MR) is 73.1 cm³/mol. The molecule has 0 bridgehead atoms. The van der Waals surface area contributed by atoms with Gasteiger partial charge in [0.25, 0.3) is 0 Å². The molecule has 6 heteroatoms. The molecule has 0 amide bonds. The Morgan fingerprint density at radius 1 is 1.33 bits per heavy atom. The summed E-state index contributed by atoms with van der Waals surface area (Å²) in [6.45, 7) is 5.82. The van der Waals surface area contributed by atoms with Crippen LogP contribution in [-0.4, -0.2) is 58.4 Å². The van der Waals surface area contributed by atoms with Crippen molar-refractivity contribution < 1.29 is 13.2 Å². The molecule has 0 aromatic heterocycles. The summed E-state index contributed by atoms with van der Waals surface area (Å²) in [5.41, 5.74) is 0. The van der Waals surface area contributed by atoms with Gasteiger partial charge in [-0.15, -0.1) is 0 Å². The molecule has 0 aliphatic carbocycles. The molecule has 1 heterocycles. The zero-order chi connectivity index (χ0) is 13.4. The Morgan fingerprint density at radius 2 is 2.00 bits per heavy atom. The van der Waals surface area contributed by atoms with Gasteiger partial charge in [0.2, 0.25) is 10.0 Å². The fourth-order valence-corrected chi connectivity index (χ4v) is 3.80. The Bertz CT molecular complexity index is 311. The maximum absolute atomic E-state index is 11.9. The van der Waals surface area contributed by atoms with Crippen LogP contribution < -0.4 is 5.32 Å². The molecule has 1 fully saturated rings. The van der Waals surface area contributed by atoms with Crippen LogP contribution in [0, 0.1) is 5.92 Å². The number of rotatable bonds is 8. The molecule has 0 aromatic carbocycles. The van der Waals surface area contributed by atoms with Crippen molar-refractivity contribution in [2.75, 3.05) is 45.6 Å². The number of hydrogen-bond donors (Lipinski definition) is 1. The summed E-state index contributed by atoms with van der Waals surface area (Å²) in [4.78, 5) is 0. The largest absolute Gasteiger partial charge is 0.383 e. The molecule has 1 aliphatic heterocycles. The van der Waals surface area contributed by atoms with Crippen LogP contribution in [0.25, 0.3) is 0 Å². The Labute approximate surface area is 111 Å². The van der Waals surface area contributed by atoms with E-state index in [-0.39, 0.29) is 5.75 Å². The van der Waals surface area contributed by atoms with E-state index in [9.17, 15) is 8.42 Å². The van der Waals surface area contributed by atoms with E-state index in [1.807, 2.05) is 6.92 Å². The minimum Gasteiger partial charge on any atom is -0.383 e. The highest BCUT2D eigenvalue weighted by Crippen LogP contribution is 2.19. The predicted octanol–water partition coefficient (Wildman–Crippen LogP) is 0.674. The Balaban J connectivity index is 2.24. The van der Waals surface area contributed by atoms with Gasteiger partial charge in [0.1, 0.15) is 0 Å². The first-order chi connectivity index (χ1) is 8.60. The van der Waals surface area contributed by atoms with Gasteiger partial charge in [-0.1, -0.05) is 6.92 Å². The van der Waals surface area contributed by atoms with Crippen LogP contribution in [0.3, 0.4) is 0 Å². The normalized spacial score (nSPS) is 19.2. The van der Waals surface area contributed by atoms with Crippen LogP contribution in [0.15, 0.2) is 0 Å². The summed E-state index contributed by atoms with van der Waals surface area (Å²) in [6, 6.07) is 0. The summed E-state index contributed by atoms with van der Waals surface area (Å²) < 4.78 is 30.4. The van der Waals surface area contributed by atoms with Crippen LogP contribution in [-0.2, 0) is 14.8 Å². The summed E-state index contributed by atoms with van der Waals surface area (Å²) in [5, 5.41) is 3.34.